The van der Waals surface area contributed by atoms with E-state index in [1.807, 2.05) is 5.32 Å². The van der Waals surface area contributed by atoms with Gasteiger partial charge in [-0.15, -0.1) is 0 Å². The van der Waals surface area contributed by atoms with E-state index < -0.39 is 54.5 Å². The first-order valence-corrected chi connectivity index (χ1v) is 13.2. The zero-order chi connectivity index (χ0) is 28.5. The molecule has 0 spiro atoms. The van der Waals surface area contributed by atoms with Gasteiger partial charge in [0.2, 0.25) is 5.91 Å². The first-order valence-electron chi connectivity index (χ1n) is 13.2. The predicted molar refractivity (Wildman–Crippen MR) is 135 cm³/mol. The van der Waals surface area contributed by atoms with Crippen LogP contribution in [0.25, 0.3) is 0 Å². The largest absolute Gasteiger partial charge is 0.444 e. The standard InChI is InChI=1S/C26H36F3N5O5/c1-25(2,3)39-24(37)33-21(20(14-5-6-14)15-7-8-15)22(35)32-19-11-16(9-10-30-19)17(13-38-4)34-12-18(26(27,28)29)31-23(34)36/h9-11,14-15,17-18,20-21H,5-8,12-13H2,1-4H3,(H,31,36)(H,33,37)(H,30,32,35)/t17-,18+,21+/m1/s1. The Morgan fingerprint density at radius 3 is 2.33 bits per heavy atom. The molecule has 13 heteroatoms. The number of hydrogen-bond donors (Lipinski definition) is 3. The molecule has 10 nitrogen and oxygen atoms in total. The summed E-state index contributed by atoms with van der Waals surface area (Å²) in [6.07, 6.45) is 0.0891. The Labute approximate surface area is 225 Å². The van der Waals surface area contributed by atoms with E-state index in [0.717, 1.165) is 30.6 Å². The highest BCUT2D eigenvalue weighted by atomic mass is 19.4. The van der Waals surface area contributed by atoms with Crippen LogP contribution in [0.3, 0.4) is 0 Å². The van der Waals surface area contributed by atoms with Crippen molar-refractivity contribution in [2.45, 2.75) is 76.4 Å². The van der Waals surface area contributed by atoms with E-state index in [0.29, 0.717) is 17.4 Å². The molecule has 0 radical (unpaired) electrons. The molecule has 3 fully saturated rings. The van der Waals surface area contributed by atoms with Crippen LogP contribution < -0.4 is 16.0 Å². The topological polar surface area (TPSA) is 122 Å². The molecule has 2 saturated carbocycles. The van der Waals surface area contributed by atoms with Gasteiger partial charge in [-0.2, -0.15) is 13.2 Å². The number of pyridine rings is 1. The zero-order valence-corrected chi connectivity index (χ0v) is 22.5. The van der Waals surface area contributed by atoms with Crippen molar-refractivity contribution in [3.8, 4) is 0 Å². The monoisotopic (exact) mass is 555 g/mol. The van der Waals surface area contributed by atoms with E-state index >= 15 is 0 Å². The van der Waals surface area contributed by atoms with Gasteiger partial charge < -0.3 is 30.3 Å². The number of halogens is 3. The molecule has 1 aromatic rings. The lowest BCUT2D eigenvalue weighted by molar-refractivity contribution is -0.150. The molecule has 1 aliphatic heterocycles. The number of alkyl carbamates (subject to hydrolysis) is 1. The molecule has 4 amide bonds. The fourth-order valence-electron chi connectivity index (χ4n) is 5.12. The highest BCUT2D eigenvalue weighted by Gasteiger charge is 2.50. The summed E-state index contributed by atoms with van der Waals surface area (Å²) in [7, 11) is 1.38. The number of aromatic nitrogens is 1. The Bertz CT molecular complexity index is 1060. The van der Waals surface area contributed by atoms with Gasteiger partial charge in [0.1, 0.15) is 23.5 Å². The van der Waals surface area contributed by atoms with Crippen LogP contribution in [-0.4, -0.2) is 72.0 Å². The van der Waals surface area contributed by atoms with E-state index in [1.165, 1.54) is 19.4 Å². The summed E-state index contributed by atoms with van der Waals surface area (Å²) in [4.78, 5) is 43.9. The quantitative estimate of drug-likeness (QED) is 0.401. The third-order valence-corrected chi connectivity index (χ3v) is 7.13. The molecular formula is C26H36F3N5O5. The maximum atomic E-state index is 13.5. The van der Waals surface area contributed by atoms with Gasteiger partial charge in [-0.25, -0.2) is 14.6 Å². The van der Waals surface area contributed by atoms with E-state index in [4.69, 9.17) is 9.47 Å². The van der Waals surface area contributed by atoms with Crippen molar-refractivity contribution in [1.29, 1.82) is 0 Å². The highest BCUT2D eigenvalue weighted by molar-refractivity contribution is 5.96. The molecule has 1 aromatic heterocycles. The van der Waals surface area contributed by atoms with E-state index in [2.05, 4.69) is 15.6 Å². The summed E-state index contributed by atoms with van der Waals surface area (Å²) in [6, 6.07) is -1.48. The fourth-order valence-corrected chi connectivity index (χ4v) is 5.12. The second-order valence-corrected chi connectivity index (χ2v) is 11.5. The molecule has 4 rings (SSSR count). The van der Waals surface area contributed by atoms with Gasteiger partial charge >= 0.3 is 18.3 Å². The maximum absolute atomic E-state index is 13.5. The highest BCUT2D eigenvalue weighted by Crippen LogP contribution is 2.51. The molecule has 0 aromatic carbocycles. The number of carbonyl (C=O) groups is 3. The van der Waals surface area contributed by atoms with Crippen LogP contribution in [0.5, 0.6) is 0 Å². The normalized spacial score (nSPS) is 21.4. The third-order valence-electron chi connectivity index (χ3n) is 7.13. The first-order chi connectivity index (χ1) is 18.3. The number of rotatable bonds is 10. The van der Waals surface area contributed by atoms with Gasteiger partial charge in [-0.3, -0.25) is 4.79 Å². The van der Waals surface area contributed by atoms with Gasteiger partial charge in [-0.05, 0) is 81.9 Å². The molecule has 3 atom stereocenters. The lowest BCUT2D eigenvalue weighted by atomic mass is 9.89. The summed E-state index contributed by atoms with van der Waals surface area (Å²) < 4.78 is 50.3. The summed E-state index contributed by atoms with van der Waals surface area (Å²) in [5.41, 5.74) is -0.295. The van der Waals surface area contributed by atoms with E-state index in [1.54, 1.807) is 26.8 Å². The molecule has 216 valence electrons. The van der Waals surface area contributed by atoms with Crippen LogP contribution in [-0.2, 0) is 14.3 Å². The average Bonchev–Trinajstić information content (AvgIpc) is 3.75. The third kappa shape index (κ3) is 7.52. The van der Waals surface area contributed by atoms with Crippen LogP contribution >= 0.6 is 0 Å². The Balaban J connectivity index is 1.53. The van der Waals surface area contributed by atoms with Crippen LogP contribution in [0.4, 0.5) is 28.6 Å². The van der Waals surface area contributed by atoms with Gasteiger partial charge in [-0.1, -0.05) is 0 Å². The Morgan fingerprint density at radius 1 is 1.18 bits per heavy atom. The number of ether oxygens (including phenoxy) is 2. The molecular weight excluding hydrogens is 519 g/mol. The average molecular weight is 556 g/mol. The molecule has 2 aliphatic carbocycles. The van der Waals surface area contributed by atoms with Crippen molar-refractivity contribution in [2.24, 2.45) is 17.8 Å². The number of nitrogens with zero attached hydrogens (tertiary/aromatic N) is 2. The molecule has 3 aliphatic rings. The number of alkyl halides is 3. The van der Waals surface area contributed by atoms with Gasteiger partial charge in [0, 0.05) is 13.3 Å². The number of urea groups is 1. The SMILES string of the molecule is COC[C@H](c1ccnc(NC(=O)[C@@H](NC(=O)OC(C)(C)C)C(C2CC2)C2CC2)c1)N1C[C@@H](C(F)(F)F)NC1=O. The first kappa shape index (κ1) is 28.9. The number of anilines is 1. The number of nitrogens with one attached hydrogen (secondary N) is 3. The van der Waals surface area contributed by atoms with Crippen LogP contribution in [0.1, 0.15) is 58.1 Å². The molecule has 0 unspecified atom stereocenters. The van der Waals surface area contributed by atoms with Crippen LogP contribution in [0.2, 0.25) is 0 Å². The number of carbonyl (C=O) groups excluding carboxylic acids is 3. The van der Waals surface area contributed by atoms with Crippen molar-refractivity contribution in [3.05, 3.63) is 23.9 Å². The zero-order valence-electron chi connectivity index (χ0n) is 22.5. The fraction of sp³-hybridized carbons (Fsp3) is 0.692. The minimum absolute atomic E-state index is 0.0328. The predicted octanol–water partition coefficient (Wildman–Crippen LogP) is 3.99. The maximum Gasteiger partial charge on any atom is 0.410 e. The van der Waals surface area contributed by atoms with Crippen molar-refractivity contribution in [3.63, 3.8) is 0 Å². The summed E-state index contributed by atoms with van der Waals surface area (Å²) >= 11 is 0. The summed E-state index contributed by atoms with van der Waals surface area (Å²) in [5, 5.41) is 7.51. The molecule has 1 saturated heterocycles. The van der Waals surface area contributed by atoms with Crippen LogP contribution in [0.15, 0.2) is 18.3 Å². The Morgan fingerprint density at radius 2 is 1.82 bits per heavy atom. The Kier molecular flexibility index (Phi) is 8.29. The number of methoxy groups -OCH3 is 1. The number of hydrogen-bond acceptors (Lipinski definition) is 6. The minimum Gasteiger partial charge on any atom is -0.444 e. The van der Waals surface area contributed by atoms with Crippen molar-refractivity contribution >= 4 is 23.8 Å². The summed E-state index contributed by atoms with van der Waals surface area (Å²) in [5.74, 6) is 0.336. The van der Waals surface area contributed by atoms with Gasteiger partial charge in [0.05, 0.1) is 19.2 Å². The second kappa shape index (κ2) is 11.2. The molecule has 2 heterocycles. The van der Waals surface area contributed by atoms with Crippen molar-refractivity contribution < 1.29 is 37.0 Å². The van der Waals surface area contributed by atoms with E-state index in [9.17, 15) is 27.6 Å². The lowest BCUT2D eigenvalue weighted by Gasteiger charge is -2.29. The van der Waals surface area contributed by atoms with Gasteiger partial charge in [0.25, 0.3) is 0 Å². The van der Waals surface area contributed by atoms with Crippen LogP contribution in [0, 0.1) is 17.8 Å². The van der Waals surface area contributed by atoms with E-state index in [-0.39, 0.29) is 18.3 Å². The molecule has 3 N–H and O–H groups in total. The number of amides is 4. The second-order valence-electron chi connectivity index (χ2n) is 11.5. The molecule has 39 heavy (non-hydrogen) atoms. The Hall–Kier alpha value is -3.09. The lowest BCUT2D eigenvalue weighted by Crippen LogP contribution is -2.51. The smallest absolute Gasteiger partial charge is 0.410 e. The van der Waals surface area contributed by atoms with Gasteiger partial charge in [0.15, 0.2) is 0 Å². The minimum atomic E-state index is -4.59. The van der Waals surface area contributed by atoms with Crippen molar-refractivity contribution in [1.82, 2.24) is 20.5 Å². The summed E-state index contributed by atoms with van der Waals surface area (Å²) in [6.45, 7) is 4.58. The van der Waals surface area contributed by atoms with Crippen molar-refractivity contribution in [2.75, 3.05) is 25.6 Å². The molecule has 0 bridgehead atoms.